The van der Waals surface area contributed by atoms with Crippen molar-refractivity contribution in [1.82, 2.24) is 15.1 Å². The molecule has 136 valence electrons. The Labute approximate surface area is 146 Å². The number of amides is 2. The molecule has 3 rings (SSSR count). The van der Waals surface area contributed by atoms with Gasteiger partial charge in [-0.25, -0.2) is 4.39 Å². The van der Waals surface area contributed by atoms with Gasteiger partial charge in [-0.3, -0.25) is 14.5 Å². The number of carbonyl (C=O) groups excluding carboxylic acids is 2. The van der Waals surface area contributed by atoms with Gasteiger partial charge in [0, 0.05) is 39.6 Å². The zero-order valence-electron chi connectivity index (χ0n) is 14.4. The molecule has 2 aliphatic heterocycles. The number of likely N-dealkylation sites (tertiary alicyclic amines) is 1. The van der Waals surface area contributed by atoms with Crippen molar-refractivity contribution in [2.24, 2.45) is 5.92 Å². The molecule has 2 heterocycles. The summed E-state index contributed by atoms with van der Waals surface area (Å²) < 4.78 is 18.5. The van der Waals surface area contributed by atoms with Crippen LogP contribution in [0.25, 0.3) is 0 Å². The summed E-state index contributed by atoms with van der Waals surface area (Å²) in [7, 11) is 1.69. The van der Waals surface area contributed by atoms with Crippen LogP contribution in [-0.2, 0) is 14.3 Å². The van der Waals surface area contributed by atoms with Gasteiger partial charge in [0.05, 0.1) is 25.2 Å². The molecule has 2 fully saturated rings. The van der Waals surface area contributed by atoms with Gasteiger partial charge in [-0.05, 0) is 17.7 Å². The first-order valence-electron chi connectivity index (χ1n) is 8.65. The lowest BCUT2D eigenvalue weighted by molar-refractivity contribution is -0.128. The lowest BCUT2D eigenvalue weighted by Crippen LogP contribution is -2.43. The molecule has 1 aromatic carbocycles. The van der Waals surface area contributed by atoms with Crippen molar-refractivity contribution in [3.05, 3.63) is 35.6 Å². The third-order valence-electron chi connectivity index (χ3n) is 4.97. The van der Waals surface area contributed by atoms with E-state index in [9.17, 15) is 14.0 Å². The summed E-state index contributed by atoms with van der Waals surface area (Å²) in [6.07, 6.45) is 0.182. The topological polar surface area (TPSA) is 61.9 Å². The van der Waals surface area contributed by atoms with E-state index < -0.39 is 5.92 Å². The quantitative estimate of drug-likeness (QED) is 0.854. The van der Waals surface area contributed by atoms with Crippen molar-refractivity contribution in [1.29, 1.82) is 0 Å². The highest BCUT2D eigenvalue weighted by Gasteiger charge is 2.42. The Bertz CT molecular complexity index is 616. The van der Waals surface area contributed by atoms with Crippen LogP contribution < -0.4 is 5.32 Å². The predicted molar refractivity (Wildman–Crippen MR) is 90.3 cm³/mol. The molecule has 0 radical (unpaired) electrons. The molecule has 0 spiro atoms. The molecule has 25 heavy (non-hydrogen) atoms. The first-order chi connectivity index (χ1) is 12.1. The molecule has 0 aliphatic carbocycles. The molecule has 7 heteroatoms. The van der Waals surface area contributed by atoms with Gasteiger partial charge in [-0.15, -0.1) is 0 Å². The van der Waals surface area contributed by atoms with E-state index in [1.165, 1.54) is 12.1 Å². The Hall–Kier alpha value is -1.99. The Morgan fingerprint density at radius 3 is 2.64 bits per heavy atom. The molecule has 6 nitrogen and oxygen atoms in total. The SMILES string of the molecule is CN1C(=O)C[C@@H](C(=O)NCCN2CCOCC2)[C@@H]1c1ccc(F)cc1. The van der Waals surface area contributed by atoms with Crippen molar-refractivity contribution in [2.45, 2.75) is 12.5 Å². The van der Waals surface area contributed by atoms with E-state index in [2.05, 4.69) is 10.2 Å². The molecule has 0 aromatic heterocycles. The monoisotopic (exact) mass is 349 g/mol. The fraction of sp³-hybridized carbons (Fsp3) is 0.556. The van der Waals surface area contributed by atoms with Crippen LogP contribution in [0.4, 0.5) is 4.39 Å². The summed E-state index contributed by atoms with van der Waals surface area (Å²) in [5.74, 6) is -0.974. The smallest absolute Gasteiger partial charge is 0.226 e. The summed E-state index contributed by atoms with van der Waals surface area (Å²) in [4.78, 5) is 28.6. The van der Waals surface area contributed by atoms with Crippen LogP contribution in [0, 0.1) is 11.7 Å². The van der Waals surface area contributed by atoms with Crippen LogP contribution >= 0.6 is 0 Å². The van der Waals surface area contributed by atoms with Crippen molar-refractivity contribution in [3.63, 3.8) is 0 Å². The molecule has 0 unspecified atom stereocenters. The minimum Gasteiger partial charge on any atom is -0.379 e. The van der Waals surface area contributed by atoms with E-state index in [4.69, 9.17) is 4.74 Å². The van der Waals surface area contributed by atoms with Gasteiger partial charge in [-0.1, -0.05) is 12.1 Å². The summed E-state index contributed by atoms with van der Waals surface area (Å²) >= 11 is 0. The van der Waals surface area contributed by atoms with Crippen LogP contribution in [0.2, 0.25) is 0 Å². The first-order valence-corrected chi connectivity index (χ1v) is 8.65. The summed E-state index contributed by atoms with van der Waals surface area (Å²) in [5.41, 5.74) is 0.781. The Morgan fingerprint density at radius 1 is 1.28 bits per heavy atom. The number of ether oxygens (including phenoxy) is 1. The van der Waals surface area contributed by atoms with Crippen LogP contribution in [0.1, 0.15) is 18.0 Å². The number of hydrogen-bond acceptors (Lipinski definition) is 4. The van der Waals surface area contributed by atoms with E-state index in [-0.39, 0.29) is 30.1 Å². The van der Waals surface area contributed by atoms with Gasteiger partial charge in [0.15, 0.2) is 0 Å². The highest BCUT2D eigenvalue weighted by Crippen LogP contribution is 2.37. The number of nitrogens with zero attached hydrogens (tertiary/aromatic N) is 2. The van der Waals surface area contributed by atoms with Gasteiger partial charge in [0.25, 0.3) is 0 Å². The number of morpholine rings is 1. The third kappa shape index (κ3) is 4.16. The molecule has 2 saturated heterocycles. The van der Waals surface area contributed by atoms with Gasteiger partial charge in [0.2, 0.25) is 11.8 Å². The lowest BCUT2D eigenvalue weighted by Gasteiger charge is -2.27. The molecule has 1 N–H and O–H groups in total. The number of carbonyl (C=O) groups is 2. The summed E-state index contributed by atoms with van der Waals surface area (Å²) in [6, 6.07) is 5.65. The number of nitrogens with one attached hydrogen (secondary N) is 1. The van der Waals surface area contributed by atoms with Crippen LogP contribution in [0.5, 0.6) is 0 Å². The molecular weight excluding hydrogens is 325 g/mol. The second kappa shape index (κ2) is 7.93. The normalized spacial score (nSPS) is 24.6. The minimum absolute atomic E-state index is 0.0670. The minimum atomic E-state index is -0.451. The largest absolute Gasteiger partial charge is 0.379 e. The third-order valence-corrected chi connectivity index (χ3v) is 4.97. The number of halogens is 1. The van der Waals surface area contributed by atoms with Gasteiger partial charge < -0.3 is 15.0 Å². The molecular formula is C18H24FN3O3. The molecule has 0 saturated carbocycles. The van der Waals surface area contributed by atoms with E-state index in [1.807, 2.05) is 0 Å². The fourth-order valence-electron chi connectivity index (χ4n) is 3.51. The Balaban J connectivity index is 1.61. The van der Waals surface area contributed by atoms with Crippen molar-refractivity contribution in [3.8, 4) is 0 Å². The van der Waals surface area contributed by atoms with Gasteiger partial charge in [0.1, 0.15) is 5.82 Å². The second-order valence-corrected chi connectivity index (χ2v) is 6.56. The highest BCUT2D eigenvalue weighted by molar-refractivity contribution is 5.90. The number of hydrogen-bond donors (Lipinski definition) is 1. The standard InChI is InChI=1S/C18H24FN3O3/c1-21-16(23)12-15(17(21)13-2-4-14(19)5-3-13)18(24)20-6-7-22-8-10-25-11-9-22/h2-5,15,17H,6-12H2,1H3,(H,20,24)/t15-,17+/m1/s1. The molecule has 0 bridgehead atoms. The average Bonchev–Trinajstić information content (AvgIpc) is 2.92. The zero-order chi connectivity index (χ0) is 17.8. The molecule has 2 aliphatic rings. The van der Waals surface area contributed by atoms with Crippen molar-refractivity contribution < 1.29 is 18.7 Å². The summed E-state index contributed by atoms with van der Waals surface area (Å²) in [6.45, 7) is 4.51. The molecule has 2 amide bonds. The van der Waals surface area contributed by atoms with Crippen LogP contribution in [0.15, 0.2) is 24.3 Å². The van der Waals surface area contributed by atoms with Crippen LogP contribution in [0.3, 0.4) is 0 Å². The zero-order valence-corrected chi connectivity index (χ0v) is 14.4. The van der Waals surface area contributed by atoms with Gasteiger partial charge in [-0.2, -0.15) is 0 Å². The summed E-state index contributed by atoms with van der Waals surface area (Å²) in [5, 5.41) is 2.95. The lowest BCUT2D eigenvalue weighted by atomic mass is 9.93. The van der Waals surface area contributed by atoms with E-state index in [0.29, 0.717) is 6.54 Å². The van der Waals surface area contributed by atoms with Gasteiger partial charge >= 0.3 is 0 Å². The number of rotatable bonds is 5. The maximum absolute atomic E-state index is 13.2. The highest BCUT2D eigenvalue weighted by atomic mass is 19.1. The fourth-order valence-corrected chi connectivity index (χ4v) is 3.51. The second-order valence-electron chi connectivity index (χ2n) is 6.56. The Kier molecular flexibility index (Phi) is 5.65. The molecule has 2 atom stereocenters. The number of benzene rings is 1. The Morgan fingerprint density at radius 2 is 1.96 bits per heavy atom. The first kappa shape index (κ1) is 17.8. The average molecular weight is 349 g/mol. The van der Waals surface area contributed by atoms with E-state index in [1.54, 1.807) is 24.1 Å². The van der Waals surface area contributed by atoms with E-state index in [0.717, 1.165) is 38.4 Å². The predicted octanol–water partition coefficient (Wildman–Crippen LogP) is 0.794. The van der Waals surface area contributed by atoms with E-state index >= 15 is 0 Å². The van der Waals surface area contributed by atoms with Crippen molar-refractivity contribution >= 4 is 11.8 Å². The maximum atomic E-state index is 13.2. The van der Waals surface area contributed by atoms with Crippen LogP contribution in [-0.4, -0.2) is 68.1 Å². The molecule has 1 aromatic rings. The maximum Gasteiger partial charge on any atom is 0.226 e. The van der Waals surface area contributed by atoms with Crippen molar-refractivity contribution in [2.75, 3.05) is 46.4 Å².